The van der Waals surface area contributed by atoms with Crippen molar-refractivity contribution in [3.63, 3.8) is 0 Å². The van der Waals surface area contributed by atoms with Crippen LogP contribution in [0, 0.1) is 0 Å². The highest BCUT2D eigenvalue weighted by Crippen LogP contribution is 2.30. The zero-order valence-corrected chi connectivity index (χ0v) is 12.2. The fraction of sp³-hybridized carbons (Fsp3) is 0.133. The van der Waals surface area contributed by atoms with Crippen LogP contribution >= 0.6 is 24.0 Å². The van der Waals surface area contributed by atoms with Gasteiger partial charge in [0, 0.05) is 12.1 Å². The van der Waals surface area contributed by atoms with Crippen molar-refractivity contribution in [1.82, 2.24) is 5.01 Å². The molecule has 1 aliphatic heterocycles. The number of nitrogens with zero attached hydrogens (tertiary/aromatic N) is 1. The highest BCUT2D eigenvalue weighted by Gasteiger charge is 2.24. The molecule has 0 aliphatic carbocycles. The summed E-state index contributed by atoms with van der Waals surface area (Å²) in [4.78, 5) is 12.1. The summed E-state index contributed by atoms with van der Waals surface area (Å²) in [6, 6.07) is 15.4. The van der Waals surface area contributed by atoms with Crippen LogP contribution in [0.1, 0.15) is 15.9 Å². The molecule has 2 aromatic rings. The number of para-hydroxylation sites is 1. The molecule has 3 nitrogen and oxygen atoms in total. The molecule has 1 N–H and O–H groups in total. The van der Waals surface area contributed by atoms with Crippen molar-refractivity contribution >= 4 is 35.5 Å². The Bertz CT molecular complexity index is 617. The van der Waals surface area contributed by atoms with Gasteiger partial charge in [0.15, 0.2) is 5.78 Å². The second-order valence-electron chi connectivity index (χ2n) is 4.54. The smallest absolute Gasteiger partial charge is 0.180 e. The van der Waals surface area contributed by atoms with Gasteiger partial charge in [0.2, 0.25) is 0 Å². The second kappa shape index (κ2) is 6.27. The van der Waals surface area contributed by atoms with Gasteiger partial charge in [-0.3, -0.25) is 4.79 Å². The number of rotatable bonds is 2. The van der Waals surface area contributed by atoms with Gasteiger partial charge in [-0.15, -0.1) is 12.4 Å². The summed E-state index contributed by atoms with van der Waals surface area (Å²) in [6.45, 7) is 1.01. The van der Waals surface area contributed by atoms with E-state index in [1.165, 1.54) is 0 Å². The average Bonchev–Trinajstić information content (AvgIpc) is 2.41. The van der Waals surface area contributed by atoms with Gasteiger partial charge in [-0.2, -0.15) is 0 Å². The number of carbonyl (C=O) groups is 1. The van der Waals surface area contributed by atoms with Crippen LogP contribution in [0.4, 0.5) is 5.69 Å². The number of hydrazine groups is 1. The number of carbonyl (C=O) groups excluding carboxylic acids is 1. The summed E-state index contributed by atoms with van der Waals surface area (Å²) >= 11 is 6.13. The molecule has 104 valence electrons. The SMILES string of the molecule is Cl.O=C1CN(Cc2ccccc2)Nc2c(Cl)cccc21. The minimum atomic E-state index is 0. The number of hydrogen-bond acceptors (Lipinski definition) is 3. The van der Waals surface area contributed by atoms with E-state index in [9.17, 15) is 4.79 Å². The molecule has 0 atom stereocenters. The maximum Gasteiger partial charge on any atom is 0.180 e. The number of hydrogen-bond donors (Lipinski definition) is 1. The van der Waals surface area contributed by atoms with Crippen molar-refractivity contribution in [2.45, 2.75) is 6.54 Å². The Morgan fingerprint density at radius 2 is 1.85 bits per heavy atom. The number of Topliss-reactive ketones (excluding diaryl/α,β-unsaturated/α-hetero) is 1. The van der Waals surface area contributed by atoms with Crippen LogP contribution in [0.25, 0.3) is 0 Å². The molecule has 20 heavy (non-hydrogen) atoms. The summed E-state index contributed by atoms with van der Waals surface area (Å²) in [7, 11) is 0. The maximum atomic E-state index is 12.1. The molecule has 0 aromatic heterocycles. The van der Waals surface area contributed by atoms with E-state index in [4.69, 9.17) is 11.6 Å². The Labute approximate surface area is 128 Å². The first-order valence-corrected chi connectivity index (χ1v) is 6.49. The topological polar surface area (TPSA) is 32.3 Å². The third-order valence-corrected chi connectivity index (χ3v) is 3.45. The molecule has 0 fully saturated rings. The Balaban J connectivity index is 0.00000147. The number of fused-ring (bicyclic) bond motifs is 1. The molecule has 0 saturated carbocycles. The molecule has 0 spiro atoms. The largest absolute Gasteiger partial charge is 0.316 e. The number of nitrogens with one attached hydrogen (secondary N) is 1. The van der Waals surface area contributed by atoms with Crippen LogP contribution in [0.3, 0.4) is 0 Å². The zero-order valence-electron chi connectivity index (χ0n) is 10.7. The van der Waals surface area contributed by atoms with Crippen molar-refractivity contribution in [3.8, 4) is 0 Å². The maximum absolute atomic E-state index is 12.1. The number of halogens is 2. The zero-order chi connectivity index (χ0) is 13.2. The first-order valence-electron chi connectivity index (χ1n) is 6.11. The molecule has 0 amide bonds. The molecule has 0 bridgehead atoms. The van der Waals surface area contributed by atoms with Gasteiger partial charge in [0.05, 0.1) is 17.3 Å². The van der Waals surface area contributed by atoms with Crippen molar-refractivity contribution in [2.75, 3.05) is 12.0 Å². The van der Waals surface area contributed by atoms with E-state index < -0.39 is 0 Å². The Hall–Kier alpha value is -1.55. The van der Waals surface area contributed by atoms with Crippen LogP contribution < -0.4 is 5.43 Å². The molecule has 3 rings (SSSR count). The van der Waals surface area contributed by atoms with E-state index in [0.29, 0.717) is 29.4 Å². The van der Waals surface area contributed by atoms with Crippen LogP contribution in [0.15, 0.2) is 48.5 Å². The van der Waals surface area contributed by atoms with Gasteiger partial charge in [0.25, 0.3) is 0 Å². The van der Waals surface area contributed by atoms with E-state index in [0.717, 1.165) is 5.56 Å². The van der Waals surface area contributed by atoms with E-state index in [1.807, 2.05) is 35.3 Å². The average molecular weight is 309 g/mol. The second-order valence-corrected chi connectivity index (χ2v) is 4.95. The van der Waals surface area contributed by atoms with Crippen molar-refractivity contribution in [2.24, 2.45) is 0 Å². The molecule has 0 unspecified atom stereocenters. The molecular weight excluding hydrogens is 295 g/mol. The molecule has 1 heterocycles. The van der Waals surface area contributed by atoms with E-state index in [-0.39, 0.29) is 18.2 Å². The van der Waals surface area contributed by atoms with Gasteiger partial charge in [-0.1, -0.05) is 48.0 Å². The number of benzene rings is 2. The van der Waals surface area contributed by atoms with E-state index in [1.54, 1.807) is 18.2 Å². The third kappa shape index (κ3) is 2.96. The highest BCUT2D eigenvalue weighted by molar-refractivity contribution is 6.34. The van der Waals surface area contributed by atoms with Crippen molar-refractivity contribution < 1.29 is 4.79 Å². The van der Waals surface area contributed by atoms with Crippen LogP contribution in [-0.4, -0.2) is 17.3 Å². The lowest BCUT2D eigenvalue weighted by Gasteiger charge is -2.30. The van der Waals surface area contributed by atoms with Gasteiger partial charge in [-0.05, 0) is 17.7 Å². The molecule has 0 saturated heterocycles. The van der Waals surface area contributed by atoms with Crippen LogP contribution in [-0.2, 0) is 6.54 Å². The quantitative estimate of drug-likeness (QED) is 0.916. The predicted molar refractivity (Wildman–Crippen MR) is 83.5 cm³/mol. The number of ketones is 1. The fourth-order valence-corrected chi connectivity index (χ4v) is 2.44. The minimum Gasteiger partial charge on any atom is -0.316 e. The van der Waals surface area contributed by atoms with Gasteiger partial charge in [0.1, 0.15) is 0 Å². The molecule has 0 radical (unpaired) electrons. The minimum absolute atomic E-state index is 0. The lowest BCUT2D eigenvalue weighted by atomic mass is 10.1. The summed E-state index contributed by atoms with van der Waals surface area (Å²) < 4.78 is 0. The monoisotopic (exact) mass is 308 g/mol. The molecule has 1 aliphatic rings. The third-order valence-electron chi connectivity index (χ3n) is 3.13. The summed E-state index contributed by atoms with van der Waals surface area (Å²) in [5.74, 6) is 0.0900. The summed E-state index contributed by atoms with van der Waals surface area (Å²) in [5, 5.41) is 2.45. The first kappa shape index (κ1) is 14.9. The van der Waals surface area contributed by atoms with Gasteiger partial charge >= 0.3 is 0 Å². The predicted octanol–water partition coefficient (Wildman–Crippen LogP) is 3.79. The van der Waals surface area contributed by atoms with Crippen LogP contribution in [0.2, 0.25) is 5.02 Å². The summed E-state index contributed by atoms with van der Waals surface area (Å²) in [5.41, 5.74) is 5.74. The number of anilines is 1. The van der Waals surface area contributed by atoms with Crippen molar-refractivity contribution in [1.29, 1.82) is 0 Å². The van der Waals surface area contributed by atoms with E-state index in [2.05, 4.69) is 5.43 Å². The standard InChI is InChI=1S/C15H13ClN2O.ClH/c16-13-8-4-7-12-14(19)10-18(17-15(12)13)9-11-5-2-1-3-6-11;/h1-8,17H,9-10H2;1H. The first-order chi connectivity index (χ1) is 9.24. The Morgan fingerprint density at radius 3 is 2.60 bits per heavy atom. The van der Waals surface area contributed by atoms with Gasteiger partial charge in [-0.25, -0.2) is 5.01 Å². The lowest BCUT2D eigenvalue weighted by molar-refractivity contribution is 0.0930. The molecule has 5 heteroatoms. The van der Waals surface area contributed by atoms with Crippen molar-refractivity contribution in [3.05, 3.63) is 64.7 Å². The summed E-state index contributed by atoms with van der Waals surface area (Å²) in [6.07, 6.45) is 0. The fourth-order valence-electron chi connectivity index (χ4n) is 2.23. The van der Waals surface area contributed by atoms with E-state index >= 15 is 0 Å². The lowest BCUT2D eigenvalue weighted by Crippen LogP contribution is -2.39. The molecular formula is C15H14Cl2N2O. The highest BCUT2D eigenvalue weighted by atomic mass is 35.5. The normalized spacial score (nSPS) is 14.2. The van der Waals surface area contributed by atoms with Gasteiger partial charge < -0.3 is 5.43 Å². The van der Waals surface area contributed by atoms with Crippen LogP contribution in [0.5, 0.6) is 0 Å². The molecule has 2 aromatic carbocycles. The Kier molecular flexibility index (Phi) is 4.65. The Morgan fingerprint density at radius 1 is 1.10 bits per heavy atom.